The number of hydrogen-bond acceptors (Lipinski definition) is 2. The molecule has 0 saturated heterocycles. The molecule has 3 aromatic carbocycles. The minimum Gasteiger partial charge on any atom is -0.325 e. The van der Waals surface area contributed by atoms with Crippen LogP contribution in [0.1, 0.15) is 17.2 Å². The number of carbonyl (C=O) groups excluding carboxylic acids is 1. The molecule has 0 radical (unpaired) electrons. The van der Waals surface area contributed by atoms with Crippen LogP contribution >= 0.6 is 11.6 Å². The Hall–Kier alpha value is -2.69. The molecule has 0 spiro atoms. The summed E-state index contributed by atoms with van der Waals surface area (Å²) >= 11 is 5.93. The largest absolute Gasteiger partial charge is 0.325 e. The highest BCUT2D eigenvalue weighted by atomic mass is 35.5. The molecule has 132 valence electrons. The Morgan fingerprint density at radius 3 is 2.31 bits per heavy atom. The lowest BCUT2D eigenvalue weighted by molar-refractivity contribution is -0.115. The van der Waals surface area contributed by atoms with Crippen LogP contribution in [0.3, 0.4) is 0 Å². The first-order chi connectivity index (χ1) is 12.6. The van der Waals surface area contributed by atoms with Crippen molar-refractivity contribution in [3.63, 3.8) is 0 Å². The summed E-state index contributed by atoms with van der Waals surface area (Å²) in [6, 6.07) is 22.8. The van der Waals surface area contributed by atoms with Crippen molar-refractivity contribution in [3.05, 3.63) is 101 Å². The van der Waals surface area contributed by atoms with Crippen molar-refractivity contribution < 1.29 is 9.18 Å². The minimum atomic E-state index is -0.292. The summed E-state index contributed by atoms with van der Waals surface area (Å²) in [5, 5.41) is 6.60. The number of hydrogen-bond donors (Lipinski definition) is 2. The van der Waals surface area contributed by atoms with E-state index in [4.69, 9.17) is 11.6 Å². The van der Waals surface area contributed by atoms with Crippen LogP contribution in [0.25, 0.3) is 0 Å². The fraction of sp³-hybridized carbons (Fsp3) is 0.0952. The van der Waals surface area contributed by atoms with E-state index in [9.17, 15) is 9.18 Å². The number of nitrogens with one attached hydrogen (secondary N) is 2. The molecule has 26 heavy (non-hydrogen) atoms. The van der Waals surface area contributed by atoms with Crippen molar-refractivity contribution >= 4 is 23.2 Å². The molecule has 0 fully saturated rings. The van der Waals surface area contributed by atoms with E-state index in [-0.39, 0.29) is 24.3 Å². The van der Waals surface area contributed by atoms with Crippen molar-refractivity contribution in [3.8, 4) is 0 Å². The number of halogens is 2. The lowest BCUT2D eigenvalue weighted by Gasteiger charge is -2.20. The maximum atomic E-state index is 13.2. The van der Waals surface area contributed by atoms with Gasteiger partial charge in [-0.1, -0.05) is 60.1 Å². The fourth-order valence-corrected chi connectivity index (χ4v) is 2.89. The fourth-order valence-electron chi connectivity index (χ4n) is 2.70. The Bertz CT molecular complexity index is 869. The van der Waals surface area contributed by atoms with Gasteiger partial charge in [-0.05, 0) is 41.5 Å². The van der Waals surface area contributed by atoms with Crippen molar-refractivity contribution in [2.45, 2.75) is 6.04 Å². The van der Waals surface area contributed by atoms with E-state index < -0.39 is 0 Å². The molecule has 0 aliphatic rings. The smallest absolute Gasteiger partial charge is 0.238 e. The van der Waals surface area contributed by atoms with Crippen LogP contribution < -0.4 is 10.6 Å². The van der Waals surface area contributed by atoms with Gasteiger partial charge in [-0.2, -0.15) is 0 Å². The van der Waals surface area contributed by atoms with Crippen LogP contribution in [0.4, 0.5) is 10.1 Å². The second kappa shape index (κ2) is 8.61. The molecule has 1 amide bonds. The molecule has 1 unspecified atom stereocenters. The van der Waals surface area contributed by atoms with Gasteiger partial charge in [0, 0.05) is 10.7 Å². The number of anilines is 1. The van der Waals surface area contributed by atoms with Crippen LogP contribution in [0.5, 0.6) is 0 Å². The maximum absolute atomic E-state index is 13.2. The summed E-state index contributed by atoms with van der Waals surface area (Å²) < 4.78 is 13.2. The summed E-state index contributed by atoms with van der Waals surface area (Å²) in [7, 11) is 0. The summed E-state index contributed by atoms with van der Waals surface area (Å²) in [4.78, 5) is 12.3. The summed E-state index contributed by atoms with van der Waals surface area (Å²) in [6.07, 6.45) is 0. The van der Waals surface area contributed by atoms with Crippen LogP contribution in [-0.2, 0) is 4.79 Å². The van der Waals surface area contributed by atoms with Gasteiger partial charge in [-0.15, -0.1) is 0 Å². The highest BCUT2D eigenvalue weighted by Crippen LogP contribution is 2.22. The van der Waals surface area contributed by atoms with E-state index in [1.165, 1.54) is 12.1 Å². The van der Waals surface area contributed by atoms with Gasteiger partial charge in [0.05, 0.1) is 12.6 Å². The third-order valence-corrected chi connectivity index (χ3v) is 4.15. The standard InChI is InChI=1S/C21H18ClFN2O/c22-17-7-4-8-19(13-17)25-20(26)14-24-21(15-5-2-1-3-6-15)16-9-11-18(23)12-10-16/h1-13,21,24H,14H2,(H,25,26). The third-order valence-electron chi connectivity index (χ3n) is 3.91. The summed E-state index contributed by atoms with van der Waals surface area (Å²) in [5.41, 5.74) is 2.52. The Morgan fingerprint density at radius 2 is 1.62 bits per heavy atom. The first kappa shape index (κ1) is 18.1. The molecule has 3 aromatic rings. The van der Waals surface area contributed by atoms with Gasteiger partial charge in [0.2, 0.25) is 5.91 Å². The van der Waals surface area contributed by atoms with Crippen molar-refractivity contribution in [1.29, 1.82) is 0 Å². The SMILES string of the molecule is O=C(CNC(c1ccccc1)c1ccc(F)cc1)Nc1cccc(Cl)c1. The zero-order valence-corrected chi connectivity index (χ0v) is 14.7. The summed E-state index contributed by atoms with van der Waals surface area (Å²) in [6.45, 7) is 0.101. The lowest BCUT2D eigenvalue weighted by Crippen LogP contribution is -2.31. The molecule has 1 atom stereocenters. The average molecular weight is 369 g/mol. The van der Waals surface area contributed by atoms with Gasteiger partial charge in [-0.3, -0.25) is 10.1 Å². The average Bonchev–Trinajstić information content (AvgIpc) is 2.64. The normalized spacial score (nSPS) is 11.8. The molecule has 0 aromatic heterocycles. The molecule has 0 aliphatic carbocycles. The third kappa shape index (κ3) is 4.91. The van der Waals surface area contributed by atoms with Crippen LogP contribution in [-0.4, -0.2) is 12.5 Å². The quantitative estimate of drug-likeness (QED) is 0.656. The first-order valence-corrected chi connectivity index (χ1v) is 8.59. The molecule has 0 heterocycles. The van der Waals surface area contributed by atoms with E-state index in [1.807, 2.05) is 30.3 Å². The molecule has 0 saturated carbocycles. The highest BCUT2D eigenvalue weighted by Gasteiger charge is 2.15. The Morgan fingerprint density at radius 1 is 0.923 bits per heavy atom. The van der Waals surface area contributed by atoms with Gasteiger partial charge in [-0.25, -0.2) is 4.39 Å². The number of carbonyl (C=O) groups is 1. The van der Waals surface area contributed by atoms with E-state index in [0.717, 1.165) is 11.1 Å². The second-order valence-electron chi connectivity index (χ2n) is 5.83. The highest BCUT2D eigenvalue weighted by molar-refractivity contribution is 6.30. The van der Waals surface area contributed by atoms with Crippen molar-refractivity contribution in [1.82, 2.24) is 5.32 Å². The molecule has 0 bridgehead atoms. The van der Waals surface area contributed by atoms with E-state index in [0.29, 0.717) is 10.7 Å². The minimum absolute atomic E-state index is 0.101. The van der Waals surface area contributed by atoms with Crippen LogP contribution in [0, 0.1) is 5.82 Å². The topological polar surface area (TPSA) is 41.1 Å². The Labute approximate surface area is 156 Å². The van der Waals surface area contributed by atoms with Crippen molar-refractivity contribution in [2.24, 2.45) is 0 Å². The molecular formula is C21H18ClFN2O. The molecule has 5 heteroatoms. The second-order valence-corrected chi connectivity index (χ2v) is 6.27. The lowest BCUT2D eigenvalue weighted by atomic mass is 9.98. The molecule has 3 rings (SSSR count). The van der Waals surface area contributed by atoms with Crippen LogP contribution in [0.15, 0.2) is 78.9 Å². The Kier molecular flexibility index (Phi) is 6.00. The zero-order valence-electron chi connectivity index (χ0n) is 14.0. The van der Waals surface area contributed by atoms with Gasteiger partial charge in [0.15, 0.2) is 0 Å². The molecule has 0 aliphatic heterocycles. The van der Waals surface area contributed by atoms with E-state index >= 15 is 0 Å². The predicted octanol–water partition coefficient (Wildman–Crippen LogP) is 4.80. The number of benzene rings is 3. The van der Waals surface area contributed by atoms with E-state index in [1.54, 1.807) is 36.4 Å². The zero-order chi connectivity index (χ0) is 18.4. The van der Waals surface area contributed by atoms with Gasteiger partial charge in [0.25, 0.3) is 0 Å². The Balaban J connectivity index is 1.72. The van der Waals surface area contributed by atoms with Crippen LogP contribution in [0.2, 0.25) is 5.02 Å². The first-order valence-electron chi connectivity index (χ1n) is 8.21. The van der Waals surface area contributed by atoms with Gasteiger partial charge in [0.1, 0.15) is 5.82 Å². The molecular weight excluding hydrogens is 351 g/mol. The van der Waals surface area contributed by atoms with E-state index in [2.05, 4.69) is 10.6 Å². The molecule has 2 N–H and O–H groups in total. The maximum Gasteiger partial charge on any atom is 0.238 e. The van der Waals surface area contributed by atoms with Crippen molar-refractivity contribution in [2.75, 3.05) is 11.9 Å². The van der Waals surface area contributed by atoms with Gasteiger partial charge < -0.3 is 5.32 Å². The predicted molar refractivity (Wildman–Crippen MR) is 103 cm³/mol. The number of amides is 1. The van der Waals surface area contributed by atoms with Gasteiger partial charge >= 0.3 is 0 Å². The number of rotatable bonds is 6. The summed E-state index contributed by atoms with van der Waals surface area (Å²) in [5.74, 6) is -0.477. The monoisotopic (exact) mass is 368 g/mol. The molecule has 3 nitrogen and oxygen atoms in total.